The minimum absolute atomic E-state index is 0.247. The molecule has 10 heteroatoms. The third-order valence-corrected chi connectivity index (χ3v) is 7.74. The lowest BCUT2D eigenvalue weighted by Crippen LogP contribution is -2.29. The van der Waals surface area contributed by atoms with Gasteiger partial charge in [0.25, 0.3) is 0 Å². The Morgan fingerprint density at radius 2 is 1.88 bits per heavy atom. The normalized spacial score (nSPS) is 13.4. The number of ether oxygens (including phenoxy) is 1. The molecule has 4 heterocycles. The number of nitrogens with two attached hydrogens (primary N) is 1. The Balaban J connectivity index is 1.38. The summed E-state index contributed by atoms with van der Waals surface area (Å²) in [6.07, 6.45) is 2.47. The quantitative estimate of drug-likeness (QED) is 0.305. The van der Waals surface area contributed by atoms with E-state index in [1.807, 2.05) is 51.5 Å². The van der Waals surface area contributed by atoms with Crippen molar-refractivity contribution in [3.05, 3.63) is 88.8 Å². The Morgan fingerprint density at radius 3 is 2.67 bits per heavy atom. The van der Waals surface area contributed by atoms with Crippen LogP contribution >= 0.6 is 11.3 Å². The number of halogens is 1. The Bertz CT molecular complexity index is 1690. The zero-order valence-electron chi connectivity index (χ0n) is 22.7. The third-order valence-electron chi connectivity index (χ3n) is 6.93. The number of nitrogens with zero attached hydrogens (tertiary/aromatic N) is 6. The van der Waals surface area contributed by atoms with Crippen LogP contribution in [0.2, 0.25) is 0 Å². The second-order valence-electron chi connectivity index (χ2n) is 10.3. The maximum atomic E-state index is 13.6. The number of aryl methyl sites for hydroxylation is 1. The molecule has 0 saturated heterocycles. The molecule has 2 N–H and O–H groups in total. The van der Waals surface area contributed by atoms with Gasteiger partial charge in [0.1, 0.15) is 40.2 Å². The SMILES string of the molecule is Cc1nc(CN(C)C)nc(N2CCOc3ccc(-c4cnc5sc(N)nc5c4)cc3C2)c1Cc1ccc(F)cc1. The second kappa shape index (κ2) is 10.8. The number of fused-ring (bicyclic) bond motifs is 2. The molecule has 0 atom stereocenters. The fraction of sp³-hybridized carbons (Fsp3) is 0.267. The summed E-state index contributed by atoms with van der Waals surface area (Å²) < 4.78 is 19.8. The lowest BCUT2D eigenvalue weighted by Gasteiger charge is -2.26. The molecular weight excluding hydrogens is 525 g/mol. The number of aromatic nitrogens is 4. The van der Waals surface area contributed by atoms with Crippen molar-refractivity contribution >= 4 is 32.6 Å². The Labute approximate surface area is 236 Å². The lowest BCUT2D eigenvalue weighted by atomic mass is 10.0. The van der Waals surface area contributed by atoms with Crippen molar-refractivity contribution in [2.24, 2.45) is 0 Å². The van der Waals surface area contributed by atoms with E-state index in [1.54, 1.807) is 0 Å². The zero-order valence-corrected chi connectivity index (χ0v) is 23.5. The summed E-state index contributed by atoms with van der Waals surface area (Å²) in [5.41, 5.74) is 12.7. The van der Waals surface area contributed by atoms with E-state index in [-0.39, 0.29) is 5.82 Å². The van der Waals surface area contributed by atoms with Gasteiger partial charge < -0.3 is 20.3 Å². The predicted molar refractivity (Wildman–Crippen MR) is 157 cm³/mol. The van der Waals surface area contributed by atoms with Gasteiger partial charge in [0.2, 0.25) is 0 Å². The number of nitrogen functional groups attached to an aromatic ring is 1. The Kier molecular flexibility index (Phi) is 7.03. The summed E-state index contributed by atoms with van der Waals surface area (Å²) in [6, 6.07) is 14.9. The first-order chi connectivity index (χ1) is 19.3. The van der Waals surface area contributed by atoms with E-state index in [0.717, 1.165) is 61.3 Å². The van der Waals surface area contributed by atoms with Gasteiger partial charge in [-0.1, -0.05) is 29.5 Å². The van der Waals surface area contributed by atoms with Crippen molar-refractivity contribution in [1.29, 1.82) is 0 Å². The van der Waals surface area contributed by atoms with Gasteiger partial charge in [-0.05, 0) is 62.5 Å². The van der Waals surface area contributed by atoms with E-state index in [1.165, 1.54) is 23.5 Å². The number of hydrogen-bond acceptors (Lipinski definition) is 9. The highest BCUT2D eigenvalue weighted by molar-refractivity contribution is 7.21. The minimum Gasteiger partial charge on any atom is -0.491 e. The smallest absolute Gasteiger partial charge is 0.182 e. The van der Waals surface area contributed by atoms with Gasteiger partial charge in [0, 0.05) is 41.5 Å². The van der Waals surface area contributed by atoms with Crippen LogP contribution in [0.1, 0.15) is 28.2 Å². The molecule has 6 rings (SSSR count). The first-order valence-corrected chi connectivity index (χ1v) is 13.9. The monoisotopic (exact) mass is 555 g/mol. The molecule has 0 fully saturated rings. The summed E-state index contributed by atoms with van der Waals surface area (Å²) in [6.45, 7) is 4.48. The molecule has 5 aromatic rings. The molecule has 0 amide bonds. The van der Waals surface area contributed by atoms with Gasteiger partial charge >= 0.3 is 0 Å². The van der Waals surface area contributed by atoms with Gasteiger partial charge in [-0.25, -0.2) is 24.3 Å². The molecule has 0 unspecified atom stereocenters. The van der Waals surface area contributed by atoms with Crippen molar-refractivity contribution in [3.63, 3.8) is 0 Å². The van der Waals surface area contributed by atoms with E-state index in [0.29, 0.717) is 37.8 Å². The summed E-state index contributed by atoms with van der Waals surface area (Å²) in [4.78, 5) is 24.0. The van der Waals surface area contributed by atoms with Gasteiger partial charge in [-0.15, -0.1) is 0 Å². The van der Waals surface area contributed by atoms with Gasteiger partial charge in [-0.3, -0.25) is 0 Å². The van der Waals surface area contributed by atoms with Crippen molar-refractivity contribution in [2.45, 2.75) is 26.4 Å². The van der Waals surface area contributed by atoms with Gasteiger partial charge in [-0.2, -0.15) is 0 Å². The minimum atomic E-state index is -0.247. The zero-order chi connectivity index (χ0) is 27.8. The van der Waals surface area contributed by atoms with E-state index < -0.39 is 0 Å². The fourth-order valence-electron chi connectivity index (χ4n) is 5.02. The number of thiazole rings is 1. The maximum Gasteiger partial charge on any atom is 0.182 e. The van der Waals surface area contributed by atoms with E-state index in [9.17, 15) is 4.39 Å². The molecule has 0 radical (unpaired) electrons. The van der Waals surface area contributed by atoms with Crippen LogP contribution in [0.4, 0.5) is 15.3 Å². The standard InChI is InChI=1S/C30H30FN7OS/c1-18-24(12-19-4-7-23(31)8-5-19)28(36-27(34-18)17-37(2)3)38-10-11-39-26-9-6-20(13-22(26)16-38)21-14-25-29(33-15-21)40-30(32)35-25/h4-9,13-15H,10-12,16-17H2,1-3H3,(H2,32,35). The molecule has 2 aromatic carbocycles. The van der Waals surface area contributed by atoms with Gasteiger partial charge in [0.15, 0.2) is 5.13 Å². The molecule has 8 nitrogen and oxygen atoms in total. The molecule has 0 saturated carbocycles. The molecule has 0 aliphatic carbocycles. The summed E-state index contributed by atoms with van der Waals surface area (Å²) in [7, 11) is 4.02. The van der Waals surface area contributed by atoms with Crippen LogP contribution in [0.3, 0.4) is 0 Å². The fourth-order valence-corrected chi connectivity index (χ4v) is 5.68. The van der Waals surface area contributed by atoms with Crippen LogP contribution in [0.15, 0.2) is 54.7 Å². The van der Waals surface area contributed by atoms with Crippen molar-refractivity contribution < 1.29 is 9.13 Å². The van der Waals surface area contributed by atoms with Gasteiger partial charge in [0.05, 0.1) is 13.1 Å². The Morgan fingerprint density at radius 1 is 1.05 bits per heavy atom. The summed E-state index contributed by atoms with van der Waals surface area (Å²) >= 11 is 1.38. The second-order valence-corrected chi connectivity index (χ2v) is 11.3. The van der Waals surface area contributed by atoms with Crippen molar-refractivity contribution in [2.75, 3.05) is 37.9 Å². The van der Waals surface area contributed by atoms with Crippen LogP contribution in [-0.4, -0.2) is 52.1 Å². The Hall–Kier alpha value is -4.15. The average molecular weight is 556 g/mol. The summed E-state index contributed by atoms with van der Waals surface area (Å²) in [5.74, 6) is 2.26. The average Bonchev–Trinajstić information content (AvgIpc) is 3.16. The molecular formula is C30H30FN7OS. The maximum absolute atomic E-state index is 13.6. The number of rotatable bonds is 6. The number of benzene rings is 2. The van der Waals surface area contributed by atoms with Crippen molar-refractivity contribution in [1.82, 2.24) is 24.8 Å². The first-order valence-electron chi connectivity index (χ1n) is 13.1. The number of pyridine rings is 1. The van der Waals surface area contributed by atoms with Crippen LogP contribution < -0.4 is 15.4 Å². The van der Waals surface area contributed by atoms with E-state index >= 15 is 0 Å². The largest absolute Gasteiger partial charge is 0.491 e. The summed E-state index contributed by atoms with van der Waals surface area (Å²) in [5, 5.41) is 0.510. The van der Waals surface area contributed by atoms with Crippen LogP contribution in [0.5, 0.6) is 5.75 Å². The highest BCUT2D eigenvalue weighted by atomic mass is 32.1. The molecule has 1 aliphatic rings. The molecule has 40 heavy (non-hydrogen) atoms. The predicted octanol–water partition coefficient (Wildman–Crippen LogP) is 5.23. The highest BCUT2D eigenvalue weighted by Gasteiger charge is 2.23. The van der Waals surface area contributed by atoms with Crippen LogP contribution in [0, 0.1) is 12.7 Å². The van der Waals surface area contributed by atoms with Crippen molar-refractivity contribution in [3.8, 4) is 16.9 Å². The molecule has 3 aromatic heterocycles. The first kappa shape index (κ1) is 26.1. The topological polar surface area (TPSA) is 93.3 Å². The third kappa shape index (κ3) is 5.45. The number of hydrogen-bond donors (Lipinski definition) is 1. The molecule has 204 valence electrons. The lowest BCUT2D eigenvalue weighted by molar-refractivity contribution is 0.331. The van der Waals surface area contributed by atoms with Crippen LogP contribution in [0.25, 0.3) is 21.5 Å². The molecule has 1 aliphatic heterocycles. The van der Waals surface area contributed by atoms with Crippen LogP contribution in [-0.2, 0) is 19.5 Å². The van der Waals surface area contributed by atoms with E-state index in [2.05, 4.69) is 31.9 Å². The van der Waals surface area contributed by atoms with E-state index in [4.69, 9.17) is 20.4 Å². The molecule has 0 spiro atoms. The number of anilines is 2. The molecule has 0 bridgehead atoms. The highest BCUT2D eigenvalue weighted by Crippen LogP contribution is 2.34.